The van der Waals surface area contributed by atoms with E-state index in [2.05, 4.69) is 20.9 Å². The highest BCUT2D eigenvalue weighted by molar-refractivity contribution is 9.10. The van der Waals surface area contributed by atoms with Crippen molar-refractivity contribution in [2.45, 2.75) is 13.0 Å². The molecule has 14 heavy (non-hydrogen) atoms. The minimum Gasteiger partial charge on any atom is -0.497 e. The molecule has 1 rings (SSSR count). The Bertz CT molecular complexity index is 372. The zero-order valence-corrected chi connectivity index (χ0v) is 9.54. The summed E-state index contributed by atoms with van der Waals surface area (Å²) in [6.45, 7) is 1.83. The zero-order chi connectivity index (χ0) is 10.6. The second kappa shape index (κ2) is 4.94. The highest BCUT2D eigenvalue weighted by atomic mass is 79.9. The predicted octanol–water partition coefficient (Wildman–Crippen LogP) is 2.85. The first-order valence-corrected chi connectivity index (χ1v) is 4.88. The van der Waals surface area contributed by atoms with Crippen LogP contribution in [0, 0.1) is 0 Å². The summed E-state index contributed by atoms with van der Waals surface area (Å²) in [5, 5.41) is 0. The molecule has 1 unspecified atom stereocenters. The Kier molecular flexibility index (Phi) is 3.86. The summed E-state index contributed by atoms with van der Waals surface area (Å²) in [5.41, 5.74) is 0.939. The third-order valence-electron chi connectivity index (χ3n) is 1.90. The zero-order valence-electron chi connectivity index (χ0n) is 7.95. The maximum Gasteiger partial charge on any atom is 0.235 e. The van der Waals surface area contributed by atoms with Crippen LogP contribution in [0.15, 0.2) is 27.7 Å². The number of hydrogen-bond acceptors (Lipinski definition) is 3. The van der Waals surface area contributed by atoms with Gasteiger partial charge in [0.05, 0.1) is 13.2 Å². The molecule has 0 heterocycles. The fraction of sp³-hybridized carbons (Fsp3) is 0.300. The van der Waals surface area contributed by atoms with E-state index >= 15 is 0 Å². The molecule has 0 N–H and O–H groups in total. The van der Waals surface area contributed by atoms with Crippen molar-refractivity contribution in [2.75, 3.05) is 7.11 Å². The maximum absolute atomic E-state index is 10.1. The van der Waals surface area contributed by atoms with Gasteiger partial charge >= 0.3 is 0 Å². The number of benzene rings is 1. The van der Waals surface area contributed by atoms with E-state index in [-0.39, 0.29) is 6.04 Å². The molecule has 4 heteroatoms. The minimum atomic E-state index is -0.187. The molecule has 0 saturated carbocycles. The summed E-state index contributed by atoms with van der Waals surface area (Å²) in [5.74, 6) is 0.767. The molecule has 3 nitrogen and oxygen atoms in total. The van der Waals surface area contributed by atoms with Crippen LogP contribution >= 0.6 is 15.9 Å². The smallest absolute Gasteiger partial charge is 0.235 e. The van der Waals surface area contributed by atoms with E-state index in [1.54, 1.807) is 13.2 Å². The molecule has 0 aliphatic rings. The number of ether oxygens (including phenoxy) is 1. The topological polar surface area (TPSA) is 38.7 Å². The van der Waals surface area contributed by atoms with Gasteiger partial charge in [0.25, 0.3) is 0 Å². The van der Waals surface area contributed by atoms with Crippen molar-refractivity contribution in [3.8, 4) is 5.75 Å². The van der Waals surface area contributed by atoms with E-state index in [1.165, 1.54) is 0 Å². The van der Waals surface area contributed by atoms with Gasteiger partial charge in [0.1, 0.15) is 5.75 Å². The number of hydrogen-bond donors (Lipinski definition) is 0. The van der Waals surface area contributed by atoms with Gasteiger partial charge in [-0.25, -0.2) is 4.79 Å². The van der Waals surface area contributed by atoms with Crippen molar-refractivity contribution >= 4 is 22.0 Å². The summed E-state index contributed by atoms with van der Waals surface area (Å²) in [4.78, 5) is 13.7. The van der Waals surface area contributed by atoms with Crippen LogP contribution in [-0.4, -0.2) is 13.2 Å². The molecule has 0 amide bonds. The second-order valence-corrected chi connectivity index (χ2v) is 3.64. The van der Waals surface area contributed by atoms with Crippen molar-refractivity contribution in [2.24, 2.45) is 4.99 Å². The molecule has 0 bridgehead atoms. The Morgan fingerprint density at radius 1 is 1.57 bits per heavy atom. The lowest BCUT2D eigenvalue weighted by Crippen LogP contribution is -1.92. The molecule has 0 aliphatic heterocycles. The maximum atomic E-state index is 10.1. The number of methoxy groups -OCH3 is 1. The van der Waals surface area contributed by atoms with Gasteiger partial charge in [-0.2, -0.15) is 4.99 Å². The van der Waals surface area contributed by atoms with E-state index in [1.807, 2.05) is 25.1 Å². The van der Waals surface area contributed by atoms with E-state index in [4.69, 9.17) is 4.74 Å². The van der Waals surface area contributed by atoms with Gasteiger partial charge in [-0.05, 0) is 24.6 Å². The second-order valence-electron chi connectivity index (χ2n) is 2.78. The normalized spacial score (nSPS) is 11.6. The summed E-state index contributed by atoms with van der Waals surface area (Å²) in [7, 11) is 1.61. The van der Waals surface area contributed by atoms with Crippen LogP contribution in [0.4, 0.5) is 0 Å². The van der Waals surface area contributed by atoms with Gasteiger partial charge < -0.3 is 4.74 Å². The number of rotatable bonds is 3. The Balaban J connectivity index is 3.05. The Morgan fingerprint density at radius 3 is 2.79 bits per heavy atom. The molecule has 0 saturated heterocycles. The third kappa shape index (κ3) is 2.44. The van der Waals surface area contributed by atoms with Crippen LogP contribution in [0.25, 0.3) is 0 Å². The Morgan fingerprint density at radius 2 is 2.29 bits per heavy atom. The molecular weight excluding hydrogens is 246 g/mol. The van der Waals surface area contributed by atoms with Crippen molar-refractivity contribution in [1.82, 2.24) is 0 Å². The van der Waals surface area contributed by atoms with Gasteiger partial charge in [-0.3, -0.25) is 0 Å². The summed E-state index contributed by atoms with van der Waals surface area (Å²) >= 11 is 3.39. The number of carbonyl (C=O) groups excluding carboxylic acids is 1. The molecule has 0 radical (unpaired) electrons. The number of isocyanates is 1. The van der Waals surface area contributed by atoms with Gasteiger partial charge in [0.15, 0.2) is 0 Å². The number of nitrogens with zero attached hydrogens (tertiary/aromatic N) is 1. The average molecular weight is 256 g/mol. The van der Waals surface area contributed by atoms with Crippen LogP contribution in [-0.2, 0) is 4.79 Å². The molecule has 1 aromatic rings. The molecule has 74 valence electrons. The average Bonchev–Trinajstić information content (AvgIpc) is 2.17. The van der Waals surface area contributed by atoms with Crippen molar-refractivity contribution in [3.63, 3.8) is 0 Å². The van der Waals surface area contributed by atoms with Crippen LogP contribution in [0.3, 0.4) is 0 Å². The highest BCUT2D eigenvalue weighted by Gasteiger charge is 2.08. The summed E-state index contributed by atoms with van der Waals surface area (Å²) in [6, 6.07) is 5.35. The van der Waals surface area contributed by atoms with Crippen LogP contribution in [0.1, 0.15) is 18.5 Å². The largest absolute Gasteiger partial charge is 0.497 e. The fourth-order valence-corrected chi connectivity index (χ4v) is 1.81. The number of halogens is 1. The van der Waals surface area contributed by atoms with Crippen LogP contribution in [0.5, 0.6) is 5.75 Å². The monoisotopic (exact) mass is 255 g/mol. The highest BCUT2D eigenvalue weighted by Crippen LogP contribution is 2.28. The lowest BCUT2D eigenvalue weighted by molar-refractivity contribution is 0.414. The summed E-state index contributed by atoms with van der Waals surface area (Å²) < 4.78 is 5.93. The van der Waals surface area contributed by atoms with Crippen molar-refractivity contribution in [1.29, 1.82) is 0 Å². The van der Waals surface area contributed by atoms with Gasteiger partial charge in [0.2, 0.25) is 6.08 Å². The SMILES string of the molecule is COc1ccc(C(C)N=C=O)c(Br)c1. The number of aliphatic imine (C=N–C) groups is 1. The van der Waals surface area contributed by atoms with Crippen LogP contribution < -0.4 is 4.74 Å². The minimum absolute atomic E-state index is 0.187. The van der Waals surface area contributed by atoms with Gasteiger partial charge in [-0.1, -0.05) is 22.0 Å². The molecule has 0 spiro atoms. The summed E-state index contributed by atoms with van der Waals surface area (Å²) in [6.07, 6.45) is 1.54. The third-order valence-corrected chi connectivity index (χ3v) is 2.59. The fourth-order valence-electron chi connectivity index (χ4n) is 1.12. The molecule has 0 aliphatic carbocycles. The molecule has 1 aromatic carbocycles. The van der Waals surface area contributed by atoms with Crippen LogP contribution in [0.2, 0.25) is 0 Å². The molecule has 1 atom stereocenters. The van der Waals surface area contributed by atoms with Gasteiger partial charge in [-0.15, -0.1) is 0 Å². The van der Waals surface area contributed by atoms with E-state index < -0.39 is 0 Å². The first kappa shape index (κ1) is 11.0. The van der Waals surface area contributed by atoms with E-state index in [0.29, 0.717) is 0 Å². The molecule has 0 aromatic heterocycles. The molecular formula is C10H10BrNO2. The van der Waals surface area contributed by atoms with Gasteiger partial charge in [0, 0.05) is 4.47 Å². The predicted molar refractivity (Wildman–Crippen MR) is 57.2 cm³/mol. The molecule has 0 fully saturated rings. The van der Waals surface area contributed by atoms with E-state index in [9.17, 15) is 4.79 Å². The van der Waals surface area contributed by atoms with Crippen molar-refractivity contribution in [3.05, 3.63) is 28.2 Å². The Hall–Kier alpha value is -1.12. The first-order valence-electron chi connectivity index (χ1n) is 4.09. The first-order chi connectivity index (χ1) is 6.69. The van der Waals surface area contributed by atoms with E-state index in [0.717, 1.165) is 15.8 Å². The standard InChI is InChI=1S/C10H10BrNO2/c1-7(12-6-13)9-4-3-8(14-2)5-10(9)11/h3-5,7H,1-2H3. The lowest BCUT2D eigenvalue weighted by atomic mass is 10.1. The quantitative estimate of drug-likeness (QED) is 0.616. The Labute approximate surface area is 90.9 Å². The lowest BCUT2D eigenvalue weighted by Gasteiger charge is -2.08. The van der Waals surface area contributed by atoms with Crippen molar-refractivity contribution < 1.29 is 9.53 Å².